The van der Waals surface area contributed by atoms with Crippen molar-refractivity contribution in [2.75, 3.05) is 0 Å². The average molecular weight is 346 g/mol. The first-order chi connectivity index (χ1) is 11.6. The van der Waals surface area contributed by atoms with Crippen molar-refractivity contribution in [3.05, 3.63) is 47.6 Å². The Kier molecular flexibility index (Phi) is 5.42. The summed E-state index contributed by atoms with van der Waals surface area (Å²) in [7, 11) is 0. The zero-order chi connectivity index (χ0) is 18.9. The second kappa shape index (κ2) is 7.19. The van der Waals surface area contributed by atoms with Crippen molar-refractivity contribution in [3.63, 3.8) is 0 Å². The predicted octanol–water partition coefficient (Wildman–Crippen LogP) is 1.80. The van der Waals surface area contributed by atoms with Crippen molar-refractivity contribution in [2.45, 2.75) is 45.5 Å². The second-order valence-electron chi connectivity index (χ2n) is 6.58. The molecule has 134 valence electrons. The highest BCUT2D eigenvalue weighted by molar-refractivity contribution is 6.00. The molecule has 0 radical (unpaired) electrons. The van der Waals surface area contributed by atoms with Gasteiger partial charge < -0.3 is 14.6 Å². The van der Waals surface area contributed by atoms with Crippen LogP contribution < -0.4 is 0 Å². The van der Waals surface area contributed by atoms with Crippen molar-refractivity contribution in [1.82, 2.24) is 0 Å². The van der Waals surface area contributed by atoms with Crippen LogP contribution >= 0.6 is 0 Å². The van der Waals surface area contributed by atoms with E-state index in [1.165, 1.54) is 19.1 Å². The molecule has 0 spiro atoms. The Balaban J connectivity index is 2.50. The van der Waals surface area contributed by atoms with Crippen LogP contribution in [0, 0.1) is 5.92 Å². The van der Waals surface area contributed by atoms with Gasteiger partial charge in [-0.15, -0.1) is 0 Å². The van der Waals surface area contributed by atoms with Gasteiger partial charge in [0.15, 0.2) is 5.78 Å². The minimum absolute atomic E-state index is 0.135. The highest BCUT2D eigenvalue weighted by Gasteiger charge is 2.48. The quantitative estimate of drug-likeness (QED) is 0.606. The van der Waals surface area contributed by atoms with Crippen molar-refractivity contribution in [3.8, 4) is 0 Å². The van der Waals surface area contributed by atoms with E-state index in [4.69, 9.17) is 9.47 Å². The highest BCUT2D eigenvalue weighted by atomic mass is 16.6. The van der Waals surface area contributed by atoms with Crippen LogP contribution in [0.5, 0.6) is 0 Å². The molecule has 1 N–H and O–H groups in total. The largest absolute Gasteiger partial charge is 0.458 e. The number of esters is 2. The number of ether oxygens (including phenoxy) is 2. The standard InChI is InChI=1S/C19H22O6/c1-9(2)18(22)24-14-7-10(3)6-13(20)8-11(4)16(21)17-15(14)12(5)19(23)25-17/h6,8,14-17,21H,1,5,7H2,2-4H3/b10-6+,11-8-/t14?,15?,16?,17-/m0/s1. The molecule has 4 atom stereocenters. The fourth-order valence-electron chi connectivity index (χ4n) is 3.01. The molecule has 1 fully saturated rings. The number of ketones is 1. The maximum Gasteiger partial charge on any atom is 0.334 e. The first-order valence-electron chi connectivity index (χ1n) is 7.95. The molecule has 0 aromatic heterocycles. The number of rotatable bonds is 2. The van der Waals surface area contributed by atoms with Gasteiger partial charge in [0.25, 0.3) is 0 Å². The van der Waals surface area contributed by atoms with Crippen LogP contribution in [0.25, 0.3) is 0 Å². The molecule has 0 aromatic carbocycles. The van der Waals surface area contributed by atoms with E-state index in [1.807, 2.05) is 0 Å². The third kappa shape index (κ3) is 3.96. The van der Waals surface area contributed by atoms with Gasteiger partial charge in [-0.05, 0) is 38.5 Å². The molecule has 2 rings (SSSR count). The van der Waals surface area contributed by atoms with E-state index in [1.54, 1.807) is 13.8 Å². The smallest absolute Gasteiger partial charge is 0.334 e. The molecule has 6 nitrogen and oxygen atoms in total. The Hall–Kier alpha value is -2.47. The van der Waals surface area contributed by atoms with Gasteiger partial charge in [-0.2, -0.15) is 0 Å². The lowest BCUT2D eigenvalue weighted by Crippen LogP contribution is -2.41. The van der Waals surface area contributed by atoms with Crippen LogP contribution in [0.2, 0.25) is 0 Å². The number of carbonyl (C=O) groups is 3. The number of hydrogen-bond acceptors (Lipinski definition) is 6. The lowest BCUT2D eigenvalue weighted by molar-refractivity contribution is -0.150. The lowest BCUT2D eigenvalue weighted by Gasteiger charge is -2.30. The van der Waals surface area contributed by atoms with E-state index in [0.717, 1.165) is 0 Å². The number of aliphatic hydroxyl groups is 1. The number of allylic oxidation sites excluding steroid dienone is 2. The van der Waals surface area contributed by atoms with Crippen molar-refractivity contribution >= 4 is 17.7 Å². The SMILES string of the molecule is C=C(C)C(=O)OC1C/C(C)=C/C(=O)/C=C(/C)C(O)[C@H]2OC(=O)C(=C)C12. The zero-order valence-electron chi connectivity index (χ0n) is 14.6. The number of carbonyl (C=O) groups excluding carboxylic acids is 3. The molecule has 1 aliphatic carbocycles. The maximum atomic E-state index is 12.0. The molecule has 0 amide bonds. The van der Waals surface area contributed by atoms with Crippen molar-refractivity contribution in [2.24, 2.45) is 5.92 Å². The van der Waals surface area contributed by atoms with Gasteiger partial charge >= 0.3 is 11.9 Å². The molecule has 2 aliphatic rings. The number of fused-ring (bicyclic) bond motifs is 1. The molecule has 3 unspecified atom stereocenters. The first-order valence-corrected chi connectivity index (χ1v) is 7.95. The summed E-state index contributed by atoms with van der Waals surface area (Å²) in [6, 6.07) is 0. The lowest BCUT2D eigenvalue weighted by atomic mass is 9.83. The van der Waals surface area contributed by atoms with Crippen molar-refractivity contribution < 1.29 is 29.0 Å². The van der Waals surface area contributed by atoms with Crippen LogP contribution in [0.15, 0.2) is 47.6 Å². The Bertz CT molecular complexity index is 711. The van der Waals surface area contributed by atoms with Crippen LogP contribution in [0.4, 0.5) is 0 Å². The minimum atomic E-state index is -1.20. The number of hydrogen-bond donors (Lipinski definition) is 1. The molecule has 0 bridgehead atoms. The zero-order valence-corrected chi connectivity index (χ0v) is 14.6. The number of aliphatic hydroxyl groups excluding tert-OH is 1. The first kappa shape index (κ1) is 18.9. The Morgan fingerprint density at radius 2 is 1.96 bits per heavy atom. The van der Waals surface area contributed by atoms with Crippen LogP contribution in [0.1, 0.15) is 27.2 Å². The molecule has 1 aliphatic heterocycles. The van der Waals surface area contributed by atoms with E-state index in [-0.39, 0.29) is 23.4 Å². The molecular weight excluding hydrogens is 324 g/mol. The summed E-state index contributed by atoms with van der Waals surface area (Å²) in [5.41, 5.74) is 1.38. The van der Waals surface area contributed by atoms with Gasteiger partial charge in [-0.25, -0.2) is 9.59 Å². The average Bonchev–Trinajstić information content (AvgIpc) is 2.80. The molecule has 25 heavy (non-hydrogen) atoms. The van der Waals surface area contributed by atoms with Gasteiger partial charge in [-0.1, -0.05) is 18.7 Å². The summed E-state index contributed by atoms with van der Waals surface area (Å²) < 4.78 is 10.8. The summed E-state index contributed by atoms with van der Waals surface area (Å²) in [6.07, 6.45) is -0.0503. The summed E-state index contributed by atoms with van der Waals surface area (Å²) >= 11 is 0. The topological polar surface area (TPSA) is 89.9 Å². The van der Waals surface area contributed by atoms with Crippen LogP contribution in [0.3, 0.4) is 0 Å². The Morgan fingerprint density at radius 1 is 1.32 bits per heavy atom. The predicted molar refractivity (Wildman–Crippen MR) is 90.3 cm³/mol. The second-order valence-corrected chi connectivity index (χ2v) is 6.58. The molecule has 0 aromatic rings. The van der Waals surface area contributed by atoms with Gasteiger partial charge in [0, 0.05) is 17.6 Å². The maximum absolute atomic E-state index is 12.0. The van der Waals surface area contributed by atoms with Gasteiger partial charge in [0.2, 0.25) is 0 Å². The fourth-order valence-corrected chi connectivity index (χ4v) is 3.01. The third-order valence-electron chi connectivity index (χ3n) is 4.33. The van der Waals surface area contributed by atoms with E-state index < -0.39 is 36.2 Å². The van der Waals surface area contributed by atoms with Crippen molar-refractivity contribution in [1.29, 1.82) is 0 Å². The van der Waals surface area contributed by atoms with Crippen LogP contribution in [-0.2, 0) is 23.9 Å². The van der Waals surface area contributed by atoms with E-state index in [9.17, 15) is 19.5 Å². The Morgan fingerprint density at radius 3 is 2.56 bits per heavy atom. The van der Waals surface area contributed by atoms with E-state index in [2.05, 4.69) is 13.2 Å². The molecule has 1 saturated heterocycles. The summed E-state index contributed by atoms with van der Waals surface area (Å²) in [4.78, 5) is 36.0. The highest BCUT2D eigenvalue weighted by Crippen LogP contribution is 2.37. The Labute approximate surface area is 146 Å². The monoisotopic (exact) mass is 346 g/mol. The van der Waals surface area contributed by atoms with E-state index >= 15 is 0 Å². The normalized spacial score (nSPS) is 34.2. The van der Waals surface area contributed by atoms with Gasteiger partial charge in [-0.3, -0.25) is 4.79 Å². The van der Waals surface area contributed by atoms with Gasteiger partial charge in [0.05, 0.1) is 5.92 Å². The fraction of sp³-hybridized carbons (Fsp3) is 0.421. The molecule has 0 saturated carbocycles. The summed E-state index contributed by atoms with van der Waals surface area (Å²) in [5.74, 6) is -2.27. The van der Waals surface area contributed by atoms with E-state index in [0.29, 0.717) is 11.1 Å². The minimum Gasteiger partial charge on any atom is -0.458 e. The molecule has 1 heterocycles. The van der Waals surface area contributed by atoms with Crippen LogP contribution in [-0.4, -0.2) is 41.1 Å². The summed E-state index contributed by atoms with van der Waals surface area (Å²) in [6.45, 7) is 12.1. The molecule has 6 heteroatoms. The third-order valence-corrected chi connectivity index (χ3v) is 4.33. The van der Waals surface area contributed by atoms with Gasteiger partial charge in [0.1, 0.15) is 18.3 Å². The molecular formula is C19H22O6. The summed E-state index contributed by atoms with van der Waals surface area (Å²) in [5, 5.41) is 10.5.